The topological polar surface area (TPSA) is 73.0 Å². The maximum absolute atomic E-state index is 13.3. The van der Waals surface area contributed by atoms with E-state index in [2.05, 4.69) is 14.6 Å². The van der Waals surface area contributed by atoms with Crippen molar-refractivity contribution in [2.75, 3.05) is 6.54 Å². The number of fused-ring (bicyclic) bond motifs is 1. The number of rotatable bonds is 4. The summed E-state index contributed by atoms with van der Waals surface area (Å²) in [5, 5.41) is 4.44. The lowest BCUT2D eigenvalue weighted by atomic mass is 10.2. The van der Waals surface area contributed by atoms with Crippen molar-refractivity contribution in [1.29, 1.82) is 0 Å². The number of nitrogens with zero attached hydrogens (tertiary/aromatic N) is 5. The molecule has 0 bridgehead atoms. The number of aromatic nitrogens is 4. The van der Waals surface area contributed by atoms with Crippen LogP contribution in [0.3, 0.4) is 0 Å². The number of sulfonamides is 1. The lowest BCUT2D eigenvalue weighted by Gasteiger charge is -2.26. The zero-order valence-corrected chi connectivity index (χ0v) is 16.0. The summed E-state index contributed by atoms with van der Waals surface area (Å²) >= 11 is 0. The molecule has 1 aliphatic heterocycles. The van der Waals surface area contributed by atoms with Gasteiger partial charge in [-0.2, -0.15) is 9.40 Å². The van der Waals surface area contributed by atoms with Crippen LogP contribution in [0.1, 0.15) is 61.5 Å². The van der Waals surface area contributed by atoms with Crippen LogP contribution >= 0.6 is 0 Å². The standard InChI is InChI=1S/C17H25N5O2S/c1-11(2)22-13(4)17(12(3)19-22)25(23,24)20-8-7-16-15(9-20)18-10-21(16)14-5-6-14/h10-11,14H,5-9H2,1-4H3. The molecule has 25 heavy (non-hydrogen) atoms. The summed E-state index contributed by atoms with van der Waals surface area (Å²) in [6.45, 7) is 8.48. The molecule has 0 spiro atoms. The molecule has 1 saturated carbocycles. The van der Waals surface area contributed by atoms with Gasteiger partial charge in [0.2, 0.25) is 10.0 Å². The summed E-state index contributed by atoms with van der Waals surface area (Å²) in [6.07, 6.45) is 5.02. The fourth-order valence-electron chi connectivity index (χ4n) is 3.83. The molecule has 1 aliphatic carbocycles. The maximum Gasteiger partial charge on any atom is 0.247 e. The van der Waals surface area contributed by atoms with E-state index in [9.17, 15) is 8.42 Å². The lowest BCUT2D eigenvalue weighted by molar-refractivity contribution is 0.380. The van der Waals surface area contributed by atoms with E-state index in [1.165, 1.54) is 18.5 Å². The van der Waals surface area contributed by atoms with Crippen LogP contribution in [-0.2, 0) is 23.0 Å². The number of hydrogen-bond donors (Lipinski definition) is 0. The minimum atomic E-state index is -3.57. The largest absolute Gasteiger partial charge is 0.331 e. The van der Waals surface area contributed by atoms with Crippen molar-refractivity contribution in [2.45, 2.75) is 70.5 Å². The normalized spacial score (nSPS) is 18.8. The minimum Gasteiger partial charge on any atom is -0.331 e. The number of hydrogen-bond acceptors (Lipinski definition) is 4. The lowest BCUT2D eigenvalue weighted by Crippen LogP contribution is -2.37. The van der Waals surface area contributed by atoms with E-state index in [4.69, 9.17) is 0 Å². The zero-order valence-electron chi connectivity index (χ0n) is 15.2. The van der Waals surface area contributed by atoms with Crippen molar-refractivity contribution in [3.63, 3.8) is 0 Å². The van der Waals surface area contributed by atoms with Gasteiger partial charge in [0.05, 0.1) is 30.0 Å². The highest BCUT2D eigenvalue weighted by atomic mass is 32.2. The molecule has 4 rings (SSSR count). The molecule has 136 valence electrons. The third-order valence-corrected chi connectivity index (χ3v) is 7.29. The highest BCUT2D eigenvalue weighted by molar-refractivity contribution is 7.89. The Morgan fingerprint density at radius 2 is 1.96 bits per heavy atom. The second-order valence-electron chi connectivity index (χ2n) is 7.40. The smallest absolute Gasteiger partial charge is 0.247 e. The van der Waals surface area contributed by atoms with Crippen LogP contribution in [0.5, 0.6) is 0 Å². The van der Waals surface area contributed by atoms with Crippen LogP contribution in [0.4, 0.5) is 0 Å². The van der Waals surface area contributed by atoms with Gasteiger partial charge >= 0.3 is 0 Å². The first-order valence-electron chi connectivity index (χ1n) is 8.91. The molecule has 2 aliphatic rings. The van der Waals surface area contributed by atoms with Gasteiger partial charge in [-0.3, -0.25) is 4.68 Å². The van der Waals surface area contributed by atoms with Crippen LogP contribution in [0.15, 0.2) is 11.2 Å². The Bertz CT molecular complexity index is 921. The molecular weight excluding hydrogens is 338 g/mol. The van der Waals surface area contributed by atoms with Gasteiger partial charge in [0.25, 0.3) is 0 Å². The van der Waals surface area contributed by atoms with E-state index in [-0.39, 0.29) is 6.04 Å². The second-order valence-corrected chi connectivity index (χ2v) is 9.28. The Labute approximate surface area is 148 Å². The molecule has 7 nitrogen and oxygen atoms in total. The first-order chi connectivity index (χ1) is 11.8. The maximum atomic E-state index is 13.3. The average molecular weight is 363 g/mol. The molecule has 0 saturated heterocycles. The van der Waals surface area contributed by atoms with Crippen molar-refractivity contribution in [3.8, 4) is 0 Å². The average Bonchev–Trinajstić information content (AvgIpc) is 3.22. The Morgan fingerprint density at radius 1 is 1.24 bits per heavy atom. The fourth-order valence-corrected chi connectivity index (χ4v) is 5.60. The van der Waals surface area contributed by atoms with Gasteiger partial charge < -0.3 is 4.57 Å². The summed E-state index contributed by atoms with van der Waals surface area (Å²) in [7, 11) is -3.57. The quantitative estimate of drug-likeness (QED) is 0.836. The second kappa shape index (κ2) is 5.67. The van der Waals surface area contributed by atoms with Crippen LogP contribution in [0.25, 0.3) is 0 Å². The SMILES string of the molecule is Cc1nn(C(C)C)c(C)c1S(=O)(=O)N1CCc2c(ncn2C2CC2)C1. The molecule has 2 aromatic rings. The fraction of sp³-hybridized carbons (Fsp3) is 0.647. The van der Waals surface area contributed by atoms with Crippen molar-refractivity contribution in [3.05, 3.63) is 29.1 Å². The van der Waals surface area contributed by atoms with E-state index in [0.717, 1.165) is 12.1 Å². The first kappa shape index (κ1) is 16.8. The van der Waals surface area contributed by atoms with Crippen LogP contribution in [-0.4, -0.2) is 38.6 Å². The summed E-state index contributed by atoms with van der Waals surface area (Å²) in [6, 6.07) is 0.706. The van der Waals surface area contributed by atoms with Gasteiger partial charge in [-0.05, 0) is 40.5 Å². The molecule has 1 fully saturated rings. The monoisotopic (exact) mass is 363 g/mol. The molecule has 0 unspecified atom stereocenters. The highest BCUT2D eigenvalue weighted by Crippen LogP contribution is 2.38. The first-order valence-corrected chi connectivity index (χ1v) is 10.3. The minimum absolute atomic E-state index is 0.129. The highest BCUT2D eigenvalue weighted by Gasteiger charge is 2.36. The van der Waals surface area contributed by atoms with Crippen LogP contribution in [0.2, 0.25) is 0 Å². The van der Waals surface area contributed by atoms with Crippen molar-refractivity contribution < 1.29 is 8.42 Å². The third kappa shape index (κ3) is 2.62. The van der Waals surface area contributed by atoms with Gasteiger partial charge in [0.15, 0.2) is 0 Å². The molecule has 0 atom stereocenters. The molecule has 0 amide bonds. The van der Waals surface area contributed by atoms with Crippen molar-refractivity contribution in [1.82, 2.24) is 23.6 Å². The molecule has 0 radical (unpaired) electrons. The van der Waals surface area contributed by atoms with Crippen molar-refractivity contribution >= 4 is 10.0 Å². The molecule has 0 aromatic carbocycles. The van der Waals surface area contributed by atoms with E-state index in [1.54, 1.807) is 15.9 Å². The van der Waals surface area contributed by atoms with Crippen molar-refractivity contribution in [2.24, 2.45) is 0 Å². The summed E-state index contributed by atoms with van der Waals surface area (Å²) in [5.74, 6) is 0. The molecule has 0 N–H and O–H groups in total. The predicted molar refractivity (Wildman–Crippen MR) is 93.9 cm³/mol. The summed E-state index contributed by atoms with van der Waals surface area (Å²) < 4.78 is 32.1. The third-order valence-electron chi connectivity index (χ3n) is 5.19. The van der Waals surface area contributed by atoms with Gasteiger partial charge in [0, 0.05) is 30.7 Å². The Kier molecular flexibility index (Phi) is 3.81. The van der Waals surface area contributed by atoms with Gasteiger partial charge in [0.1, 0.15) is 4.90 Å². The van der Waals surface area contributed by atoms with E-state index in [1.807, 2.05) is 27.1 Å². The van der Waals surface area contributed by atoms with E-state index in [0.29, 0.717) is 35.4 Å². The molecule has 8 heteroatoms. The Hall–Kier alpha value is -1.67. The van der Waals surface area contributed by atoms with E-state index < -0.39 is 10.0 Å². The number of aryl methyl sites for hydroxylation is 1. The van der Waals surface area contributed by atoms with Crippen LogP contribution < -0.4 is 0 Å². The molecule has 3 heterocycles. The van der Waals surface area contributed by atoms with E-state index >= 15 is 0 Å². The predicted octanol–water partition coefficient (Wildman–Crippen LogP) is 2.36. The Morgan fingerprint density at radius 3 is 2.56 bits per heavy atom. The van der Waals surface area contributed by atoms with Crippen LogP contribution in [0, 0.1) is 13.8 Å². The number of imidazole rings is 1. The van der Waals surface area contributed by atoms with Gasteiger partial charge in [-0.1, -0.05) is 0 Å². The van der Waals surface area contributed by atoms with Gasteiger partial charge in [-0.15, -0.1) is 0 Å². The van der Waals surface area contributed by atoms with Gasteiger partial charge in [-0.25, -0.2) is 13.4 Å². The summed E-state index contributed by atoms with van der Waals surface area (Å²) in [4.78, 5) is 4.84. The molecular formula is C17H25N5O2S. The Balaban J connectivity index is 1.67. The zero-order chi connectivity index (χ0) is 17.9. The summed E-state index contributed by atoms with van der Waals surface area (Å²) in [5.41, 5.74) is 3.39. The molecule has 2 aromatic heterocycles.